The fourth-order valence-electron chi connectivity index (χ4n) is 9.79. The van der Waals surface area contributed by atoms with E-state index in [-0.39, 0.29) is 12.3 Å². The molecule has 0 spiro atoms. The van der Waals surface area contributed by atoms with Crippen LogP contribution in [-0.4, -0.2) is 14.9 Å². The van der Waals surface area contributed by atoms with E-state index in [0.29, 0.717) is 0 Å². The van der Waals surface area contributed by atoms with Crippen LogP contribution in [0.15, 0.2) is 144 Å². The highest BCUT2D eigenvalue weighted by Crippen LogP contribution is 2.50. The van der Waals surface area contributed by atoms with Gasteiger partial charge in [-0.25, -0.2) is 0 Å². The summed E-state index contributed by atoms with van der Waals surface area (Å²) in [4.78, 5) is 5.28. The minimum atomic E-state index is -2.02. The van der Waals surface area contributed by atoms with Crippen LogP contribution in [0.25, 0.3) is 44.2 Å². The summed E-state index contributed by atoms with van der Waals surface area (Å²) < 4.78 is 6.70. The number of hydrogen-bond acceptors (Lipinski definition) is 3. The van der Waals surface area contributed by atoms with Gasteiger partial charge in [-0.3, -0.25) is 0 Å². The van der Waals surface area contributed by atoms with Gasteiger partial charge in [0.15, 0.2) is 0 Å². The van der Waals surface area contributed by atoms with Crippen molar-refractivity contribution in [3.05, 3.63) is 151 Å². The Labute approximate surface area is 318 Å². The molecule has 8 aromatic rings. The lowest BCUT2D eigenvalue weighted by Gasteiger charge is -2.51. The molecule has 0 fully saturated rings. The zero-order valence-electron chi connectivity index (χ0n) is 31.7. The summed E-state index contributed by atoms with van der Waals surface area (Å²) in [5.41, 5.74) is 18.5. The van der Waals surface area contributed by atoms with E-state index in [1.165, 1.54) is 83.1 Å². The predicted octanol–water partition coefficient (Wildman–Crippen LogP) is 10.7. The maximum absolute atomic E-state index is 6.70. The number of anilines is 5. The largest absolute Gasteiger partial charge is 0.456 e. The van der Waals surface area contributed by atoms with Gasteiger partial charge < -0.3 is 14.1 Å². The van der Waals surface area contributed by atoms with Gasteiger partial charge in [-0.1, -0.05) is 131 Å². The summed E-state index contributed by atoms with van der Waals surface area (Å²) >= 11 is 0. The zero-order chi connectivity index (χ0) is 36.7. The molecule has 54 heavy (non-hydrogen) atoms. The third-order valence-electron chi connectivity index (χ3n) is 12.4. The zero-order valence-corrected chi connectivity index (χ0v) is 32.7. The summed E-state index contributed by atoms with van der Waals surface area (Å²) in [7, 11) is -2.02. The smallest absolute Gasteiger partial charge is 0.333 e. The molecule has 3 nitrogen and oxygen atoms in total. The number of aryl methyl sites for hydroxylation is 1. The maximum Gasteiger partial charge on any atom is 0.333 e. The summed E-state index contributed by atoms with van der Waals surface area (Å²) in [6.07, 6.45) is 0. The minimum Gasteiger partial charge on any atom is -0.456 e. The Kier molecular flexibility index (Phi) is 6.40. The predicted molar refractivity (Wildman–Crippen MR) is 233 cm³/mol. The van der Waals surface area contributed by atoms with Crippen molar-refractivity contribution in [2.45, 2.75) is 46.2 Å². The molecule has 0 unspecified atom stereocenters. The molecule has 3 aliphatic heterocycles. The molecule has 260 valence electrons. The molecule has 1 aromatic heterocycles. The summed E-state index contributed by atoms with van der Waals surface area (Å²) in [5.74, 6) is 0. The van der Waals surface area contributed by atoms with Crippen LogP contribution in [0, 0.1) is 6.92 Å². The third-order valence-corrected chi connectivity index (χ3v) is 15.9. The molecular weight excluding hydrogens is 671 g/mol. The van der Waals surface area contributed by atoms with Gasteiger partial charge in [0.25, 0.3) is 0 Å². The Morgan fingerprint density at radius 2 is 1.33 bits per heavy atom. The SMILES string of the molecule is Cc1cc2c3c(c1)N(c1ccc(C(C)(C)C)cc1-c1ccccc1)c1cc4c(cc1B3N1c3ccccc3[Si](C)(C)c3cccc-2c31)oc1ccccc14. The second-order valence-corrected chi connectivity index (χ2v) is 21.4. The standard InChI is InChI=1S/C49H41BN2OSi/c1-30-25-37-34-18-14-22-46-48(34)52(40-19-11-13-21-45(40)54(46,5)6)50-38-29-44-36(33-17-10-12-20-43(33)53-44)28-41(38)51(42(26-30)47(37)50)39-24-23-32(49(2,3)4)27-35(39)31-15-8-7-9-16-31/h7-29H,1-6H3. The molecule has 4 heterocycles. The van der Waals surface area contributed by atoms with Crippen LogP contribution >= 0.6 is 0 Å². The normalized spacial score (nSPS) is 14.9. The third kappa shape index (κ3) is 4.25. The highest BCUT2D eigenvalue weighted by Gasteiger charge is 2.50. The van der Waals surface area contributed by atoms with E-state index in [0.717, 1.165) is 21.9 Å². The molecule has 0 saturated carbocycles. The van der Waals surface area contributed by atoms with Gasteiger partial charge in [0, 0.05) is 44.6 Å². The fraction of sp³-hybridized carbons (Fsp3) is 0.143. The van der Waals surface area contributed by atoms with E-state index in [1.807, 2.05) is 0 Å². The van der Waals surface area contributed by atoms with Crippen molar-refractivity contribution in [2.75, 3.05) is 9.71 Å². The average Bonchev–Trinajstić information content (AvgIpc) is 3.54. The Morgan fingerprint density at radius 1 is 0.574 bits per heavy atom. The van der Waals surface area contributed by atoms with Crippen LogP contribution < -0.4 is 31.0 Å². The second-order valence-electron chi connectivity index (χ2n) is 17.1. The van der Waals surface area contributed by atoms with E-state index in [4.69, 9.17) is 4.42 Å². The number of benzene rings is 7. The van der Waals surface area contributed by atoms with Gasteiger partial charge in [0.05, 0.1) is 5.69 Å². The summed E-state index contributed by atoms with van der Waals surface area (Å²) in [6.45, 7) is 14.2. The lowest BCUT2D eigenvalue weighted by molar-refractivity contribution is 0.590. The van der Waals surface area contributed by atoms with Gasteiger partial charge in [-0.15, -0.1) is 0 Å². The van der Waals surface area contributed by atoms with Crippen molar-refractivity contribution in [1.29, 1.82) is 0 Å². The van der Waals surface area contributed by atoms with Gasteiger partial charge in [-0.2, -0.15) is 0 Å². The number of hydrogen-bond donors (Lipinski definition) is 0. The molecule has 0 radical (unpaired) electrons. The molecule has 0 saturated heterocycles. The Morgan fingerprint density at radius 3 is 2.17 bits per heavy atom. The summed E-state index contributed by atoms with van der Waals surface area (Å²) in [5, 5.41) is 5.28. The first kappa shape index (κ1) is 31.7. The molecule has 0 aliphatic carbocycles. The average molecular weight is 713 g/mol. The van der Waals surface area contributed by atoms with E-state index in [1.54, 1.807) is 0 Å². The molecule has 0 bridgehead atoms. The van der Waals surface area contributed by atoms with Crippen molar-refractivity contribution in [2.24, 2.45) is 0 Å². The van der Waals surface area contributed by atoms with Crippen LogP contribution in [0.2, 0.25) is 13.1 Å². The van der Waals surface area contributed by atoms with E-state index < -0.39 is 8.07 Å². The molecule has 3 aliphatic rings. The summed E-state index contributed by atoms with van der Waals surface area (Å²) in [6, 6.07) is 52.5. The molecular formula is C49H41BN2OSi. The Balaban J connectivity index is 1.30. The van der Waals surface area contributed by atoms with Crippen molar-refractivity contribution in [3.8, 4) is 22.3 Å². The van der Waals surface area contributed by atoms with Crippen molar-refractivity contribution in [3.63, 3.8) is 0 Å². The molecule has 0 amide bonds. The number of furan rings is 1. The number of nitrogens with zero attached hydrogens (tertiary/aromatic N) is 2. The maximum atomic E-state index is 6.70. The van der Waals surface area contributed by atoms with E-state index >= 15 is 0 Å². The second kappa shape index (κ2) is 10.9. The lowest BCUT2D eigenvalue weighted by atomic mass is 9.43. The monoisotopic (exact) mass is 712 g/mol. The first-order valence-corrected chi connectivity index (χ1v) is 22.2. The highest BCUT2D eigenvalue weighted by atomic mass is 28.3. The lowest BCUT2D eigenvalue weighted by Crippen LogP contribution is -2.68. The molecule has 5 heteroatoms. The van der Waals surface area contributed by atoms with E-state index in [2.05, 4.69) is 190 Å². The van der Waals surface area contributed by atoms with Crippen LogP contribution in [-0.2, 0) is 5.41 Å². The van der Waals surface area contributed by atoms with Gasteiger partial charge in [-0.05, 0) is 98.4 Å². The van der Waals surface area contributed by atoms with Gasteiger partial charge in [0.2, 0.25) is 0 Å². The first-order valence-electron chi connectivity index (χ1n) is 19.2. The van der Waals surface area contributed by atoms with Crippen LogP contribution in [0.1, 0.15) is 31.9 Å². The molecule has 7 aromatic carbocycles. The Hall–Kier alpha value is -5.78. The topological polar surface area (TPSA) is 19.6 Å². The number of para-hydroxylation sites is 3. The van der Waals surface area contributed by atoms with Crippen LogP contribution in [0.3, 0.4) is 0 Å². The highest BCUT2D eigenvalue weighted by molar-refractivity contribution is 7.05. The van der Waals surface area contributed by atoms with Crippen molar-refractivity contribution < 1.29 is 4.42 Å². The quantitative estimate of drug-likeness (QED) is 0.166. The van der Waals surface area contributed by atoms with Gasteiger partial charge >= 0.3 is 6.85 Å². The first-order chi connectivity index (χ1) is 26.1. The molecule has 0 atom stereocenters. The van der Waals surface area contributed by atoms with Crippen molar-refractivity contribution >= 4 is 86.6 Å². The number of fused-ring (bicyclic) bond motifs is 9. The minimum absolute atomic E-state index is 0.00249. The Bertz CT molecular complexity index is 2880. The number of rotatable bonds is 2. The van der Waals surface area contributed by atoms with Gasteiger partial charge in [0.1, 0.15) is 19.2 Å². The molecule has 0 N–H and O–H groups in total. The van der Waals surface area contributed by atoms with Crippen LogP contribution in [0.4, 0.5) is 28.4 Å². The molecule has 11 rings (SSSR count). The van der Waals surface area contributed by atoms with E-state index in [9.17, 15) is 0 Å². The van der Waals surface area contributed by atoms with Crippen LogP contribution in [0.5, 0.6) is 0 Å². The van der Waals surface area contributed by atoms with Crippen molar-refractivity contribution in [1.82, 2.24) is 0 Å². The fourth-order valence-corrected chi connectivity index (χ4v) is 12.8.